The molecule has 0 saturated carbocycles. The topological polar surface area (TPSA) is 59.1 Å². The highest BCUT2D eigenvalue weighted by Gasteiger charge is 2.22. The van der Waals surface area contributed by atoms with Gasteiger partial charge in [0, 0.05) is 15.3 Å². The summed E-state index contributed by atoms with van der Waals surface area (Å²) in [6.45, 7) is 5.54. The Morgan fingerprint density at radius 1 is 1.17 bits per heavy atom. The van der Waals surface area contributed by atoms with E-state index in [1.165, 1.54) is 11.3 Å². The molecule has 0 atom stereocenters. The van der Waals surface area contributed by atoms with Crippen molar-refractivity contribution in [3.05, 3.63) is 50.1 Å². The first-order valence-corrected chi connectivity index (χ1v) is 10.6. The lowest BCUT2D eigenvalue weighted by Gasteiger charge is -2.10. The molecule has 3 rings (SSSR count). The number of hydrogen-bond acceptors (Lipinski definition) is 5. The Bertz CT molecular complexity index is 1010. The van der Waals surface area contributed by atoms with E-state index in [-0.39, 0.29) is 4.90 Å². The predicted octanol–water partition coefficient (Wildman–Crippen LogP) is 5.25. The predicted molar refractivity (Wildman–Crippen MR) is 102 cm³/mol. The summed E-state index contributed by atoms with van der Waals surface area (Å²) in [5, 5.41) is 3.46. The second kappa shape index (κ2) is 6.48. The third-order valence-corrected chi connectivity index (χ3v) is 7.17. The third-order valence-electron chi connectivity index (χ3n) is 3.47. The van der Waals surface area contributed by atoms with Gasteiger partial charge < -0.3 is 0 Å². The third kappa shape index (κ3) is 3.49. The van der Waals surface area contributed by atoms with Crippen LogP contribution >= 0.6 is 34.3 Å². The molecule has 1 N–H and O–H groups in total. The van der Waals surface area contributed by atoms with Gasteiger partial charge in [-0.2, -0.15) is 0 Å². The maximum absolute atomic E-state index is 12.8. The number of rotatable bonds is 4. The van der Waals surface area contributed by atoms with E-state index in [0.29, 0.717) is 10.7 Å². The van der Waals surface area contributed by atoms with Crippen LogP contribution in [0.5, 0.6) is 0 Å². The minimum absolute atomic E-state index is 0.280. The molecule has 126 valence electrons. The molecular weight excluding hydrogens is 384 g/mol. The van der Waals surface area contributed by atoms with Gasteiger partial charge in [-0.3, -0.25) is 4.72 Å². The van der Waals surface area contributed by atoms with E-state index in [0.717, 1.165) is 26.0 Å². The number of benzene rings is 1. The second-order valence-electron chi connectivity index (χ2n) is 5.35. The molecule has 0 fully saturated rings. The van der Waals surface area contributed by atoms with Crippen LogP contribution in [0.1, 0.15) is 15.4 Å². The molecule has 0 radical (unpaired) electrons. The molecule has 24 heavy (non-hydrogen) atoms. The summed E-state index contributed by atoms with van der Waals surface area (Å²) in [5.41, 5.74) is 2.11. The summed E-state index contributed by atoms with van der Waals surface area (Å²) in [7, 11) is -3.67. The van der Waals surface area contributed by atoms with Crippen LogP contribution in [-0.4, -0.2) is 13.4 Å². The lowest BCUT2D eigenvalue weighted by molar-refractivity contribution is 0.601. The number of anilines is 1. The lowest BCUT2D eigenvalue weighted by Crippen LogP contribution is -2.13. The molecule has 0 unspecified atom stereocenters. The number of thiophene rings is 1. The normalized spacial score (nSPS) is 11.7. The van der Waals surface area contributed by atoms with Gasteiger partial charge in [0.25, 0.3) is 10.0 Å². The summed E-state index contributed by atoms with van der Waals surface area (Å²) in [6.07, 6.45) is 0. The Morgan fingerprint density at radius 2 is 1.92 bits per heavy atom. The van der Waals surface area contributed by atoms with Crippen molar-refractivity contribution < 1.29 is 8.42 Å². The number of aromatic nitrogens is 1. The molecule has 0 spiro atoms. The Labute approximate surface area is 154 Å². The molecule has 0 aliphatic heterocycles. The molecule has 0 amide bonds. The van der Waals surface area contributed by atoms with Crippen molar-refractivity contribution in [1.82, 2.24) is 4.98 Å². The van der Waals surface area contributed by atoms with Crippen LogP contribution in [-0.2, 0) is 10.0 Å². The van der Waals surface area contributed by atoms with Crippen molar-refractivity contribution in [2.45, 2.75) is 25.7 Å². The van der Waals surface area contributed by atoms with Gasteiger partial charge in [0.1, 0.15) is 4.90 Å². The maximum Gasteiger partial charge on any atom is 0.263 e. The van der Waals surface area contributed by atoms with Gasteiger partial charge in [-0.15, -0.1) is 22.7 Å². The number of aryl methyl sites for hydroxylation is 3. The van der Waals surface area contributed by atoms with Gasteiger partial charge >= 0.3 is 0 Å². The standard InChI is InChI=1S/C16H15ClN2O2S3/c1-9-6-12(17)4-5-13(9)19-24(20,21)16-7-15(23-10(16)2)14-8-22-11(3)18-14/h4-8,19H,1-3H3. The summed E-state index contributed by atoms with van der Waals surface area (Å²) in [5.74, 6) is 0. The highest BCUT2D eigenvalue weighted by atomic mass is 35.5. The minimum atomic E-state index is -3.67. The molecule has 4 nitrogen and oxygen atoms in total. The van der Waals surface area contributed by atoms with Gasteiger partial charge in [-0.1, -0.05) is 11.6 Å². The minimum Gasteiger partial charge on any atom is -0.279 e. The Kier molecular flexibility index (Phi) is 4.70. The van der Waals surface area contributed by atoms with E-state index < -0.39 is 10.0 Å². The van der Waals surface area contributed by atoms with Crippen LogP contribution < -0.4 is 4.72 Å². The summed E-state index contributed by atoms with van der Waals surface area (Å²) < 4.78 is 28.2. The van der Waals surface area contributed by atoms with Crippen molar-refractivity contribution in [2.24, 2.45) is 0 Å². The zero-order valence-corrected chi connectivity index (χ0v) is 16.5. The average Bonchev–Trinajstić information content (AvgIpc) is 3.08. The van der Waals surface area contributed by atoms with Crippen LogP contribution in [0.4, 0.5) is 5.69 Å². The van der Waals surface area contributed by atoms with E-state index in [2.05, 4.69) is 9.71 Å². The zero-order valence-electron chi connectivity index (χ0n) is 13.3. The fourth-order valence-electron chi connectivity index (χ4n) is 2.28. The highest BCUT2D eigenvalue weighted by Crippen LogP contribution is 2.35. The largest absolute Gasteiger partial charge is 0.279 e. The van der Waals surface area contributed by atoms with E-state index in [1.54, 1.807) is 42.5 Å². The SMILES string of the molecule is Cc1nc(-c2cc(S(=O)(=O)Nc3ccc(Cl)cc3C)c(C)s2)cs1. The van der Waals surface area contributed by atoms with Crippen molar-refractivity contribution in [1.29, 1.82) is 0 Å². The molecule has 0 bridgehead atoms. The number of nitrogens with one attached hydrogen (secondary N) is 1. The van der Waals surface area contributed by atoms with E-state index in [9.17, 15) is 8.42 Å². The van der Waals surface area contributed by atoms with Crippen molar-refractivity contribution in [3.8, 4) is 10.6 Å². The molecule has 2 aromatic heterocycles. The average molecular weight is 399 g/mol. The number of thiazole rings is 1. The van der Waals surface area contributed by atoms with E-state index in [4.69, 9.17) is 11.6 Å². The fourth-order valence-corrected chi connectivity index (χ4v) is 5.87. The smallest absolute Gasteiger partial charge is 0.263 e. The number of halogens is 1. The van der Waals surface area contributed by atoms with Gasteiger partial charge in [0.15, 0.2) is 0 Å². The second-order valence-corrected chi connectivity index (χ2v) is 9.75. The van der Waals surface area contributed by atoms with Crippen molar-refractivity contribution in [2.75, 3.05) is 4.72 Å². The highest BCUT2D eigenvalue weighted by molar-refractivity contribution is 7.93. The summed E-state index contributed by atoms with van der Waals surface area (Å²) in [6, 6.07) is 6.74. The first-order chi connectivity index (χ1) is 11.3. The van der Waals surface area contributed by atoms with Crippen LogP contribution in [0.25, 0.3) is 10.6 Å². The number of nitrogens with zero attached hydrogens (tertiary/aromatic N) is 1. The first-order valence-electron chi connectivity index (χ1n) is 7.08. The van der Waals surface area contributed by atoms with Crippen LogP contribution in [0.15, 0.2) is 34.5 Å². The molecule has 8 heteroatoms. The summed E-state index contributed by atoms with van der Waals surface area (Å²) >= 11 is 8.90. The Morgan fingerprint density at radius 3 is 2.54 bits per heavy atom. The van der Waals surface area contributed by atoms with Crippen LogP contribution in [0.2, 0.25) is 5.02 Å². The molecule has 3 aromatic rings. The molecule has 0 aliphatic carbocycles. The molecule has 0 saturated heterocycles. The fraction of sp³-hybridized carbons (Fsp3) is 0.188. The number of hydrogen-bond donors (Lipinski definition) is 1. The van der Waals surface area contributed by atoms with Crippen LogP contribution in [0.3, 0.4) is 0 Å². The molecule has 1 aromatic carbocycles. The van der Waals surface area contributed by atoms with Gasteiger partial charge in [0.2, 0.25) is 0 Å². The molecule has 0 aliphatic rings. The Hall–Kier alpha value is -1.41. The summed E-state index contributed by atoms with van der Waals surface area (Å²) in [4.78, 5) is 6.29. The van der Waals surface area contributed by atoms with Crippen molar-refractivity contribution in [3.63, 3.8) is 0 Å². The van der Waals surface area contributed by atoms with Gasteiger partial charge in [-0.25, -0.2) is 13.4 Å². The van der Waals surface area contributed by atoms with Crippen LogP contribution in [0, 0.1) is 20.8 Å². The molecular formula is C16H15ClN2O2S3. The Balaban J connectivity index is 1.96. The van der Waals surface area contributed by atoms with Gasteiger partial charge in [0.05, 0.1) is 21.3 Å². The quantitative estimate of drug-likeness (QED) is 0.652. The van der Waals surface area contributed by atoms with Crippen molar-refractivity contribution >= 4 is 50.0 Å². The zero-order chi connectivity index (χ0) is 17.5. The van der Waals surface area contributed by atoms with E-state index >= 15 is 0 Å². The number of sulfonamides is 1. The molecule has 2 heterocycles. The lowest BCUT2D eigenvalue weighted by atomic mass is 10.2. The van der Waals surface area contributed by atoms with E-state index in [1.807, 2.05) is 19.2 Å². The monoisotopic (exact) mass is 398 g/mol. The first kappa shape index (κ1) is 17.4. The van der Waals surface area contributed by atoms with Gasteiger partial charge in [-0.05, 0) is 50.6 Å². The maximum atomic E-state index is 12.8.